The average molecular weight is 527 g/mol. The van der Waals surface area contributed by atoms with E-state index in [9.17, 15) is 20.0 Å². The lowest BCUT2D eigenvalue weighted by molar-refractivity contribution is -0.132. The van der Waals surface area contributed by atoms with E-state index in [4.69, 9.17) is 14.2 Å². The summed E-state index contributed by atoms with van der Waals surface area (Å²) in [6, 6.07) is 17.7. The Morgan fingerprint density at radius 3 is 2.31 bits per heavy atom. The van der Waals surface area contributed by atoms with E-state index in [1.165, 1.54) is 12.0 Å². The van der Waals surface area contributed by atoms with Crippen molar-refractivity contribution >= 4 is 23.1 Å². The van der Waals surface area contributed by atoms with Crippen LogP contribution in [0.15, 0.2) is 66.2 Å². The summed E-state index contributed by atoms with van der Waals surface area (Å²) < 4.78 is 17.0. The minimum Gasteiger partial charge on any atom is -0.507 e. The number of hydrogen-bond acceptors (Lipinski definition) is 7. The van der Waals surface area contributed by atoms with Crippen LogP contribution in [0.1, 0.15) is 49.1 Å². The van der Waals surface area contributed by atoms with Gasteiger partial charge in [0, 0.05) is 11.3 Å². The normalized spacial score (nSPS) is 16.3. The molecular formula is C31H30N2O6. The number of aryl methyl sites for hydroxylation is 1. The number of aliphatic hydroxyl groups excluding tert-OH is 1. The number of hydrogen-bond donors (Lipinski definition) is 1. The summed E-state index contributed by atoms with van der Waals surface area (Å²) >= 11 is 0. The lowest BCUT2D eigenvalue weighted by atomic mass is 9.94. The van der Waals surface area contributed by atoms with Crippen LogP contribution in [0.25, 0.3) is 5.76 Å². The molecule has 1 unspecified atom stereocenters. The molecule has 3 aromatic rings. The van der Waals surface area contributed by atoms with Gasteiger partial charge in [-0.25, -0.2) is 0 Å². The highest BCUT2D eigenvalue weighted by atomic mass is 16.5. The highest BCUT2D eigenvalue weighted by Crippen LogP contribution is 2.44. The van der Waals surface area contributed by atoms with Crippen molar-refractivity contribution in [1.82, 2.24) is 0 Å². The minimum atomic E-state index is -0.963. The molecule has 1 heterocycles. The Morgan fingerprint density at radius 1 is 1.03 bits per heavy atom. The molecule has 0 aliphatic carbocycles. The predicted molar refractivity (Wildman–Crippen MR) is 147 cm³/mol. The number of carbonyl (C=O) groups excluding carboxylic acids is 2. The number of nitrogens with zero attached hydrogens (tertiary/aromatic N) is 2. The third-order valence-electron chi connectivity index (χ3n) is 6.33. The molecule has 39 heavy (non-hydrogen) atoms. The zero-order valence-electron chi connectivity index (χ0n) is 22.5. The third kappa shape index (κ3) is 5.30. The van der Waals surface area contributed by atoms with Crippen LogP contribution in [0, 0.1) is 18.3 Å². The fourth-order valence-corrected chi connectivity index (χ4v) is 4.58. The highest BCUT2D eigenvalue weighted by molar-refractivity contribution is 6.51. The molecule has 1 saturated heterocycles. The first kappa shape index (κ1) is 27.3. The second-order valence-electron chi connectivity index (χ2n) is 9.32. The number of nitriles is 1. The van der Waals surface area contributed by atoms with Gasteiger partial charge in [-0.1, -0.05) is 6.07 Å². The summed E-state index contributed by atoms with van der Waals surface area (Å²) in [5, 5.41) is 20.7. The second kappa shape index (κ2) is 11.3. The molecule has 0 saturated carbocycles. The number of ketones is 1. The third-order valence-corrected chi connectivity index (χ3v) is 6.33. The molecule has 200 valence electrons. The maximum absolute atomic E-state index is 13.5. The van der Waals surface area contributed by atoms with Gasteiger partial charge < -0.3 is 19.3 Å². The van der Waals surface area contributed by atoms with Crippen molar-refractivity contribution in [2.24, 2.45) is 0 Å². The number of anilines is 1. The Bertz CT molecular complexity index is 1480. The van der Waals surface area contributed by atoms with Crippen LogP contribution in [0.2, 0.25) is 0 Å². The van der Waals surface area contributed by atoms with Crippen molar-refractivity contribution in [3.05, 3.63) is 88.5 Å². The summed E-state index contributed by atoms with van der Waals surface area (Å²) in [4.78, 5) is 28.3. The van der Waals surface area contributed by atoms with Gasteiger partial charge in [0.2, 0.25) is 0 Å². The van der Waals surface area contributed by atoms with E-state index >= 15 is 0 Å². The maximum Gasteiger partial charge on any atom is 0.300 e. The number of ether oxygens (including phenoxy) is 3. The molecule has 1 atom stereocenters. The van der Waals surface area contributed by atoms with Crippen molar-refractivity contribution in [3.8, 4) is 23.3 Å². The number of carbonyl (C=O) groups is 2. The van der Waals surface area contributed by atoms with Crippen LogP contribution in [0.5, 0.6) is 17.2 Å². The van der Waals surface area contributed by atoms with Gasteiger partial charge >= 0.3 is 0 Å². The first-order valence-electron chi connectivity index (χ1n) is 12.6. The lowest BCUT2D eigenvalue weighted by Crippen LogP contribution is -2.29. The van der Waals surface area contributed by atoms with Crippen LogP contribution in [0.4, 0.5) is 5.69 Å². The molecule has 1 aliphatic rings. The molecule has 0 aromatic heterocycles. The van der Waals surface area contributed by atoms with Crippen molar-refractivity contribution in [1.29, 1.82) is 5.26 Å². The Kier molecular flexibility index (Phi) is 7.91. The lowest BCUT2D eigenvalue weighted by Gasteiger charge is -2.26. The molecule has 1 fully saturated rings. The van der Waals surface area contributed by atoms with E-state index in [2.05, 4.69) is 6.07 Å². The van der Waals surface area contributed by atoms with Crippen molar-refractivity contribution in [2.75, 3.05) is 18.6 Å². The first-order chi connectivity index (χ1) is 18.7. The second-order valence-corrected chi connectivity index (χ2v) is 9.32. The SMILES string of the molecule is CCOc1cc(C2/C(=C(/O)c3ccc(OC(C)C)c(C)c3)C(=O)C(=O)N2c2ccc(C#N)cc2)ccc1OC. The fourth-order valence-electron chi connectivity index (χ4n) is 4.58. The van der Waals surface area contributed by atoms with Gasteiger partial charge in [-0.15, -0.1) is 0 Å². The molecule has 1 aliphatic heterocycles. The van der Waals surface area contributed by atoms with Crippen LogP contribution in [-0.4, -0.2) is 36.6 Å². The monoisotopic (exact) mass is 526 g/mol. The minimum absolute atomic E-state index is 0.0319. The van der Waals surface area contributed by atoms with Gasteiger partial charge in [-0.05, 0) is 93.4 Å². The fraction of sp³-hybridized carbons (Fsp3) is 0.258. The highest BCUT2D eigenvalue weighted by Gasteiger charge is 2.47. The van der Waals surface area contributed by atoms with Crippen molar-refractivity contribution < 1.29 is 28.9 Å². The van der Waals surface area contributed by atoms with Crippen molar-refractivity contribution in [2.45, 2.75) is 39.8 Å². The topological polar surface area (TPSA) is 109 Å². The van der Waals surface area contributed by atoms with E-state index in [-0.39, 0.29) is 17.4 Å². The summed E-state index contributed by atoms with van der Waals surface area (Å²) in [5.74, 6) is -0.330. The molecule has 0 bridgehead atoms. The number of aliphatic hydroxyl groups is 1. The zero-order valence-corrected chi connectivity index (χ0v) is 22.5. The van der Waals surface area contributed by atoms with Gasteiger partial charge in [0.15, 0.2) is 11.5 Å². The Hall–Kier alpha value is -4.77. The molecule has 0 radical (unpaired) electrons. The first-order valence-corrected chi connectivity index (χ1v) is 12.6. The summed E-state index contributed by atoms with van der Waals surface area (Å²) in [5.41, 5.74) is 2.45. The molecule has 1 amide bonds. The van der Waals surface area contributed by atoms with Gasteiger partial charge in [0.1, 0.15) is 11.5 Å². The molecule has 8 nitrogen and oxygen atoms in total. The van der Waals surface area contributed by atoms with Crippen LogP contribution >= 0.6 is 0 Å². The number of Topliss-reactive ketones (excluding diaryl/α,β-unsaturated/α-hetero) is 1. The molecule has 0 spiro atoms. The van der Waals surface area contributed by atoms with Crippen LogP contribution in [-0.2, 0) is 9.59 Å². The van der Waals surface area contributed by atoms with E-state index < -0.39 is 17.7 Å². The summed E-state index contributed by atoms with van der Waals surface area (Å²) in [6.45, 7) is 7.90. The van der Waals surface area contributed by atoms with Gasteiger partial charge in [0.25, 0.3) is 11.7 Å². The maximum atomic E-state index is 13.5. The number of methoxy groups -OCH3 is 1. The van der Waals surface area contributed by atoms with Gasteiger partial charge in [-0.2, -0.15) is 5.26 Å². The van der Waals surface area contributed by atoms with E-state index in [0.29, 0.717) is 46.2 Å². The molecular weight excluding hydrogens is 496 g/mol. The number of amides is 1. The van der Waals surface area contributed by atoms with E-state index in [1.54, 1.807) is 60.7 Å². The number of rotatable bonds is 8. The summed E-state index contributed by atoms with van der Waals surface area (Å²) in [6.07, 6.45) is -0.0319. The van der Waals surface area contributed by atoms with Crippen LogP contribution in [0.3, 0.4) is 0 Å². The number of benzene rings is 3. The molecule has 1 N–H and O–H groups in total. The van der Waals surface area contributed by atoms with Gasteiger partial charge in [-0.3, -0.25) is 14.5 Å². The van der Waals surface area contributed by atoms with Crippen LogP contribution < -0.4 is 19.1 Å². The Labute approximate surface area is 227 Å². The predicted octanol–water partition coefficient (Wildman–Crippen LogP) is 5.69. The van der Waals surface area contributed by atoms with E-state index in [0.717, 1.165) is 5.56 Å². The summed E-state index contributed by atoms with van der Waals surface area (Å²) in [7, 11) is 1.52. The molecule has 3 aromatic carbocycles. The largest absolute Gasteiger partial charge is 0.507 e. The Balaban J connectivity index is 1.92. The van der Waals surface area contributed by atoms with Crippen molar-refractivity contribution in [3.63, 3.8) is 0 Å². The van der Waals surface area contributed by atoms with Gasteiger partial charge in [0.05, 0.1) is 43.1 Å². The quantitative estimate of drug-likeness (QED) is 0.228. The Morgan fingerprint density at radius 2 is 1.72 bits per heavy atom. The molecule has 8 heteroatoms. The average Bonchev–Trinajstić information content (AvgIpc) is 3.19. The standard InChI is InChI=1S/C31H30N2O6/c1-6-38-26-16-21(9-14-25(26)37-5)28-27(29(34)22-10-13-24(19(4)15-22)39-18(2)3)30(35)31(36)33(28)23-11-7-20(17-32)8-12-23/h7-16,18,28,34H,6H2,1-5H3/b29-27-. The zero-order chi connectivity index (χ0) is 28.3. The molecule has 4 rings (SSSR count). The smallest absolute Gasteiger partial charge is 0.300 e. The van der Waals surface area contributed by atoms with E-state index in [1.807, 2.05) is 27.7 Å².